The van der Waals surface area contributed by atoms with Crippen molar-refractivity contribution < 1.29 is 49.3 Å². The molecule has 1 aliphatic rings. The molecule has 0 bridgehead atoms. The molecule has 0 saturated carbocycles. The lowest BCUT2D eigenvalue weighted by atomic mass is 9.99. The first-order chi connectivity index (χ1) is 36.7. The van der Waals surface area contributed by atoms with Gasteiger partial charge in [0.05, 0.1) is 25.4 Å². The van der Waals surface area contributed by atoms with Crippen LogP contribution in [0.3, 0.4) is 0 Å². The average molecular weight is 1050 g/mol. The number of aliphatic hydroxyl groups excluding tert-OH is 5. The number of amides is 1. The number of nitrogens with one attached hydrogen (secondary N) is 1. The third-order valence-corrected chi connectivity index (χ3v) is 13.2. The lowest BCUT2D eigenvalue weighted by Gasteiger charge is -2.41. The maximum absolute atomic E-state index is 13.4. The topological polar surface area (TPSA) is 175 Å². The van der Waals surface area contributed by atoms with E-state index in [4.69, 9.17) is 14.2 Å². The summed E-state index contributed by atoms with van der Waals surface area (Å²) in [4.78, 5) is 26.5. The number of carbonyl (C=O) groups is 2. The largest absolute Gasteiger partial charge is 0.454 e. The van der Waals surface area contributed by atoms with Crippen LogP contribution in [0.2, 0.25) is 0 Å². The zero-order chi connectivity index (χ0) is 54.7. The van der Waals surface area contributed by atoms with E-state index in [1.807, 2.05) is 6.08 Å². The van der Waals surface area contributed by atoms with Gasteiger partial charge in [-0.2, -0.15) is 0 Å². The van der Waals surface area contributed by atoms with Crippen molar-refractivity contribution in [2.24, 2.45) is 0 Å². The van der Waals surface area contributed by atoms with Crippen LogP contribution >= 0.6 is 0 Å². The van der Waals surface area contributed by atoms with Crippen LogP contribution in [0.25, 0.3) is 0 Å². The fourth-order valence-electron chi connectivity index (χ4n) is 8.51. The van der Waals surface area contributed by atoms with Crippen molar-refractivity contribution in [1.29, 1.82) is 0 Å². The SMILES string of the molecule is CC/C=C\C/C=C\C/C=C\C/C=C\C/C=C\CCCCCCC(O)C(=O)NC(COC1OC(CO)C(O)C(O)C1OC(=O)CCCCCC/C=C/C/C=C/C/C=C/CC)C(O)/C=C/CCCCCCCCCCCC. The van der Waals surface area contributed by atoms with Gasteiger partial charge < -0.3 is 45.1 Å². The van der Waals surface area contributed by atoms with Gasteiger partial charge >= 0.3 is 5.97 Å². The molecule has 75 heavy (non-hydrogen) atoms. The first-order valence-electron chi connectivity index (χ1n) is 29.7. The van der Waals surface area contributed by atoms with Crippen LogP contribution in [-0.2, 0) is 23.8 Å². The molecule has 1 amide bonds. The molecule has 0 aliphatic carbocycles. The lowest BCUT2D eigenvalue weighted by molar-refractivity contribution is -0.305. The Labute approximate surface area is 456 Å². The summed E-state index contributed by atoms with van der Waals surface area (Å²) >= 11 is 0. The minimum atomic E-state index is -1.63. The van der Waals surface area contributed by atoms with Gasteiger partial charge in [-0.05, 0) is 103 Å². The van der Waals surface area contributed by atoms with Gasteiger partial charge in [-0.15, -0.1) is 0 Å². The predicted molar refractivity (Wildman–Crippen MR) is 310 cm³/mol. The average Bonchev–Trinajstić information content (AvgIpc) is 3.41. The molecule has 8 atom stereocenters. The Bertz CT molecular complexity index is 1630. The van der Waals surface area contributed by atoms with Crippen LogP contribution in [0.15, 0.2) is 109 Å². The van der Waals surface area contributed by atoms with Gasteiger partial charge in [0.1, 0.15) is 24.4 Å². The second-order valence-electron chi connectivity index (χ2n) is 20.0. The Morgan fingerprint density at radius 1 is 0.533 bits per heavy atom. The first-order valence-corrected chi connectivity index (χ1v) is 29.7. The Hall–Kier alpha value is -3.68. The standard InChI is InChI=1S/C64H107NO10/c1-4-7-10-13-16-19-22-25-27-28-29-30-31-32-33-36-39-42-45-48-51-57(68)63(72)65-55(56(67)50-47-44-41-38-35-24-21-18-15-12-9-6-3)54-73-64-62(61(71)60(70)58(53-66)74-64)75-59(69)52-49-46-43-40-37-34-26-23-20-17-14-11-8-5-2/h7-8,10-11,16-17,19-20,25-27,29-30,32-34,47,50,55-58,60-62,64,66-68,70-71H,4-6,9,12-15,18,21-24,28,31,35-46,48-49,51-54H2,1-3H3,(H,65,72)/b10-7-,11-8+,19-16-,20-17+,27-25-,30-29-,33-32-,34-26+,50-47+. The molecule has 428 valence electrons. The fourth-order valence-corrected chi connectivity index (χ4v) is 8.51. The zero-order valence-corrected chi connectivity index (χ0v) is 47.1. The van der Waals surface area contributed by atoms with Gasteiger partial charge in [0.15, 0.2) is 12.4 Å². The highest BCUT2D eigenvalue weighted by Gasteiger charge is 2.47. The van der Waals surface area contributed by atoms with Crippen molar-refractivity contribution in [1.82, 2.24) is 5.32 Å². The molecule has 1 aliphatic heterocycles. The maximum atomic E-state index is 13.4. The summed E-state index contributed by atoms with van der Waals surface area (Å²) in [5.41, 5.74) is 0. The van der Waals surface area contributed by atoms with E-state index in [0.29, 0.717) is 12.8 Å². The van der Waals surface area contributed by atoms with E-state index in [2.05, 4.69) is 123 Å². The molecule has 0 aromatic rings. The minimum absolute atomic E-state index is 0.0893. The Kier molecular flexibility index (Phi) is 47.2. The highest BCUT2D eigenvalue weighted by atomic mass is 16.7. The Morgan fingerprint density at radius 2 is 0.960 bits per heavy atom. The molecule has 0 aromatic heterocycles. The second-order valence-corrected chi connectivity index (χ2v) is 20.0. The smallest absolute Gasteiger partial charge is 0.306 e. The van der Waals surface area contributed by atoms with Gasteiger partial charge in [0, 0.05) is 6.42 Å². The molecule has 11 heteroatoms. The highest BCUT2D eigenvalue weighted by molar-refractivity contribution is 5.80. The molecule has 0 spiro atoms. The van der Waals surface area contributed by atoms with E-state index in [-0.39, 0.29) is 19.4 Å². The molecule has 1 fully saturated rings. The summed E-state index contributed by atoms with van der Waals surface area (Å²) in [5, 5.41) is 56.9. The molecule has 1 saturated heterocycles. The van der Waals surface area contributed by atoms with Crippen molar-refractivity contribution in [2.45, 2.75) is 269 Å². The third-order valence-electron chi connectivity index (χ3n) is 13.2. The summed E-state index contributed by atoms with van der Waals surface area (Å²) in [6.45, 7) is 5.51. The number of unbranched alkanes of at least 4 members (excludes halogenated alkanes) is 18. The molecule has 1 rings (SSSR count). The van der Waals surface area contributed by atoms with Crippen LogP contribution < -0.4 is 5.32 Å². The van der Waals surface area contributed by atoms with Crippen molar-refractivity contribution in [3.8, 4) is 0 Å². The fraction of sp³-hybridized carbons (Fsp3) is 0.688. The molecule has 11 nitrogen and oxygen atoms in total. The number of ether oxygens (including phenoxy) is 3. The highest BCUT2D eigenvalue weighted by Crippen LogP contribution is 2.26. The minimum Gasteiger partial charge on any atom is -0.454 e. The van der Waals surface area contributed by atoms with Crippen molar-refractivity contribution in [3.63, 3.8) is 0 Å². The molecule has 1 heterocycles. The molecule has 0 radical (unpaired) electrons. The van der Waals surface area contributed by atoms with Gasteiger partial charge in [0.2, 0.25) is 5.91 Å². The van der Waals surface area contributed by atoms with E-state index in [9.17, 15) is 35.1 Å². The summed E-state index contributed by atoms with van der Waals surface area (Å²) in [6.07, 6.45) is 58.4. The van der Waals surface area contributed by atoms with E-state index in [0.717, 1.165) is 128 Å². The zero-order valence-electron chi connectivity index (χ0n) is 47.1. The number of esters is 1. The van der Waals surface area contributed by atoms with Gasteiger partial charge in [-0.25, -0.2) is 0 Å². The second kappa shape index (κ2) is 51.1. The van der Waals surface area contributed by atoms with Crippen LogP contribution in [0, 0.1) is 0 Å². The van der Waals surface area contributed by atoms with Crippen molar-refractivity contribution in [3.05, 3.63) is 109 Å². The van der Waals surface area contributed by atoms with Gasteiger partial charge in [-0.1, -0.05) is 220 Å². The van der Waals surface area contributed by atoms with Crippen LogP contribution in [0.4, 0.5) is 0 Å². The Balaban J connectivity index is 2.74. The van der Waals surface area contributed by atoms with E-state index in [1.54, 1.807) is 6.08 Å². The number of allylic oxidation sites excluding steroid dienone is 17. The Morgan fingerprint density at radius 3 is 1.44 bits per heavy atom. The molecular weight excluding hydrogens is 943 g/mol. The molecule has 0 aromatic carbocycles. The van der Waals surface area contributed by atoms with Gasteiger partial charge in [0.25, 0.3) is 0 Å². The van der Waals surface area contributed by atoms with Crippen LogP contribution in [0.5, 0.6) is 0 Å². The van der Waals surface area contributed by atoms with E-state index < -0.39 is 67.4 Å². The summed E-state index contributed by atoms with van der Waals surface area (Å²) in [5.74, 6) is -1.25. The van der Waals surface area contributed by atoms with Crippen molar-refractivity contribution in [2.75, 3.05) is 13.2 Å². The van der Waals surface area contributed by atoms with Crippen LogP contribution in [0.1, 0.15) is 220 Å². The number of hydrogen-bond donors (Lipinski definition) is 6. The first kappa shape index (κ1) is 69.3. The normalized spacial score (nSPS) is 20.0. The maximum Gasteiger partial charge on any atom is 0.306 e. The number of hydrogen-bond acceptors (Lipinski definition) is 10. The van der Waals surface area contributed by atoms with Crippen LogP contribution in [-0.4, -0.2) is 99.6 Å². The van der Waals surface area contributed by atoms with E-state index >= 15 is 0 Å². The third kappa shape index (κ3) is 39.4. The summed E-state index contributed by atoms with van der Waals surface area (Å²) in [7, 11) is 0. The summed E-state index contributed by atoms with van der Waals surface area (Å²) in [6, 6.07) is -1.05. The number of aliphatic hydroxyl groups is 5. The number of rotatable bonds is 48. The molecule has 8 unspecified atom stereocenters. The molecule has 6 N–H and O–H groups in total. The number of carbonyl (C=O) groups excluding carboxylic acids is 2. The monoisotopic (exact) mass is 1050 g/mol. The van der Waals surface area contributed by atoms with E-state index in [1.165, 1.54) is 44.9 Å². The predicted octanol–water partition coefficient (Wildman–Crippen LogP) is 13.7. The quantitative estimate of drug-likeness (QED) is 0.0195. The van der Waals surface area contributed by atoms with Crippen molar-refractivity contribution >= 4 is 11.9 Å². The summed E-state index contributed by atoms with van der Waals surface area (Å²) < 4.78 is 17.5. The molecular formula is C64H107NO10. The van der Waals surface area contributed by atoms with Gasteiger partial charge in [-0.3, -0.25) is 9.59 Å². The lowest BCUT2D eigenvalue weighted by Crippen LogP contribution is -2.61.